The van der Waals surface area contributed by atoms with Gasteiger partial charge >= 0.3 is 0 Å². The van der Waals surface area contributed by atoms with E-state index in [0.717, 1.165) is 25.1 Å². The first kappa shape index (κ1) is 18.9. The first-order chi connectivity index (χ1) is 12.6. The van der Waals surface area contributed by atoms with Crippen molar-refractivity contribution in [2.75, 3.05) is 42.3 Å². The van der Waals surface area contributed by atoms with Crippen LogP contribution in [0.2, 0.25) is 5.02 Å². The van der Waals surface area contributed by atoms with Crippen molar-refractivity contribution in [2.24, 2.45) is 0 Å². The maximum atomic E-state index is 13.1. The lowest BCUT2D eigenvalue weighted by molar-refractivity contribution is -0.113. The number of aromatic nitrogens is 3. The van der Waals surface area contributed by atoms with Crippen LogP contribution in [0.3, 0.4) is 0 Å². The van der Waals surface area contributed by atoms with Crippen molar-refractivity contribution in [2.45, 2.75) is 18.6 Å². The van der Waals surface area contributed by atoms with E-state index in [-0.39, 0.29) is 16.7 Å². The second-order valence-corrected chi connectivity index (χ2v) is 6.94. The molecule has 2 aromatic rings. The third kappa shape index (κ3) is 4.46. The first-order valence-electron chi connectivity index (χ1n) is 8.22. The lowest BCUT2D eigenvalue weighted by Gasteiger charge is -2.27. The molecule has 0 radical (unpaired) electrons. The van der Waals surface area contributed by atoms with Crippen LogP contribution in [0.25, 0.3) is 0 Å². The number of ether oxygens (including phenoxy) is 1. The van der Waals surface area contributed by atoms with E-state index in [1.165, 1.54) is 23.9 Å². The number of anilines is 2. The van der Waals surface area contributed by atoms with Gasteiger partial charge in [0.15, 0.2) is 5.16 Å². The van der Waals surface area contributed by atoms with Gasteiger partial charge in [-0.15, -0.1) is 10.2 Å². The van der Waals surface area contributed by atoms with Gasteiger partial charge in [-0.2, -0.15) is 0 Å². The fourth-order valence-corrected chi connectivity index (χ4v) is 3.58. The summed E-state index contributed by atoms with van der Waals surface area (Å²) in [5.41, 5.74) is 0.379. The number of morpholine rings is 1. The maximum Gasteiger partial charge on any atom is 0.234 e. The smallest absolute Gasteiger partial charge is 0.234 e. The molecule has 0 bridgehead atoms. The Hall–Kier alpha value is -1.84. The summed E-state index contributed by atoms with van der Waals surface area (Å²) in [5, 5.41) is 12.0. The van der Waals surface area contributed by atoms with Crippen molar-refractivity contribution in [1.29, 1.82) is 0 Å². The van der Waals surface area contributed by atoms with E-state index in [1.807, 2.05) is 11.5 Å². The number of amides is 1. The zero-order valence-electron chi connectivity index (χ0n) is 14.2. The number of thioether (sulfide) groups is 1. The molecule has 1 aromatic heterocycles. The average Bonchev–Trinajstić information content (AvgIpc) is 3.06. The maximum absolute atomic E-state index is 13.1. The van der Waals surface area contributed by atoms with Crippen LogP contribution in [-0.2, 0) is 16.1 Å². The highest BCUT2D eigenvalue weighted by atomic mass is 35.5. The zero-order chi connectivity index (χ0) is 18.5. The molecule has 26 heavy (non-hydrogen) atoms. The monoisotopic (exact) mass is 399 g/mol. The minimum atomic E-state index is -0.450. The van der Waals surface area contributed by atoms with Crippen LogP contribution in [0.1, 0.15) is 6.92 Å². The van der Waals surface area contributed by atoms with Crippen molar-refractivity contribution in [3.05, 3.63) is 29.0 Å². The van der Waals surface area contributed by atoms with Crippen LogP contribution < -0.4 is 10.2 Å². The molecule has 1 fully saturated rings. The number of halogens is 2. The van der Waals surface area contributed by atoms with Crippen molar-refractivity contribution >= 4 is 40.9 Å². The zero-order valence-corrected chi connectivity index (χ0v) is 15.8. The quantitative estimate of drug-likeness (QED) is 0.753. The Kier molecular flexibility index (Phi) is 6.33. The predicted molar refractivity (Wildman–Crippen MR) is 99.5 cm³/mol. The minimum Gasteiger partial charge on any atom is -0.378 e. The molecule has 1 aliphatic rings. The largest absolute Gasteiger partial charge is 0.378 e. The third-order valence-electron chi connectivity index (χ3n) is 3.85. The van der Waals surface area contributed by atoms with Crippen LogP contribution in [-0.4, -0.2) is 52.7 Å². The van der Waals surface area contributed by atoms with Crippen LogP contribution in [0, 0.1) is 5.82 Å². The molecule has 2 heterocycles. The molecule has 7 nitrogen and oxygen atoms in total. The number of benzene rings is 1. The molecule has 0 atom stereocenters. The lowest BCUT2D eigenvalue weighted by Crippen LogP contribution is -2.38. The lowest BCUT2D eigenvalue weighted by atomic mass is 10.3. The molecule has 0 spiro atoms. The van der Waals surface area contributed by atoms with Gasteiger partial charge in [-0.1, -0.05) is 23.4 Å². The van der Waals surface area contributed by atoms with Crippen molar-refractivity contribution in [3.63, 3.8) is 0 Å². The van der Waals surface area contributed by atoms with Crippen LogP contribution >= 0.6 is 23.4 Å². The number of nitrogens with one attached hydrogen (secondary N) is 1. The molecule has 10 heteroatoms. The Morgan fingerprint density at radius 1 is 1.38 bits per heavy atom. The average molecular weight is 400 g/mol. The molecule has 1 aromatic carbocycles. The van der Waals surface area contributed by atoms with Gasteiger partial charge in [-0.05, 0) is 25.1 Å². The molecule has 1 saturated heterocycles. The fourth-order valence-electron chi connectivity index (χ4n) is 2.57. The van der Waals surface area contributed by atoms with Gasteiger partial charge in [0.1, 0.15) is 5.82 Å². The van der Waals surface area contributed by atoms with Crippen molar-refractivity contribution in [1.82, 2.24) is 14.8 Å². The van der Waals surface area contributed by atoms with Gasteiger partial charge in [0.05, 0.1) is 29.7 Å². The number of rotatable bonds is 6. The van der Waals surface area contributed by atoms with Crippen molar-refractivity contribution < 1.29 is 13.9 Å². The highest BCUT2D eigenvalue weighted by molar-refractivity contribution is 7.99. The van der Waals surface area contributed by atoms with Crippen LogP contribution in [0.4, 0.5) is 16.0 Å². The van der Waals surface area contributed by atoms with E-state index in [0.29, 0.717) is 30.6 Å². The number of hydrogen-bond donors (Lipinski definition) is 1. The number of hydrogen-bond acceptors (Lipinski definition) is 6. The van der Waals surface area contributed by atoms with Gasteiger partial charge in [0, 0.05) is 19.6 Å². The molecular weight excluding hydrogens is 381 g/mol. The predicted octanol–water partition coefficient (Wildman–Crippen LogP) is 2.66. The summed E-state index contributed by atoms with van der Waals surface area (Å²) in [7, 11) is 0. The topological polar surface area (TPSA) is 72.3 Å². The molecule has 1 amide bonds. The molecule has 1 aliphatic heterocycles. The summed E-state index contributed by atoms with van der Waals surface area (Å²) in [6, 6.07) is 3.84. The molecule has 140 valence electrons. The van der Waals surface area contributed by atoms with Crippen LogP contribution in [0.15, 0.2) is 23.4 Å². The summed E-state index contributed by atoms with van der Waals surface area (Å²) in [6.07, 6.45) is 0. The van der Waals surface area contributed by atoms with Gasteiger partial charge in [0.2, 0.25) is 11.9 Å². The third-order valence-corrected chi connectivity index (χ3v) is 5.12. The highest BCUT2D eigenvalue weighted by Crippen LogP contribution is 2.25. The Bertz CT molecular complexity index is 782. The van der Waals surface area contributed by atoms with E-state index in [2.05, 4.69) is 20.4 Å². The summed E-state index contributed by atoms with van der Waals surface area (Å²) in [6.45, 7) is 5.58. The molecule has 0 saturated carbocycles. The summed E-state index contributed by atoms with van der Waals surface area (Å²) >= 11 is 7.22. The Balaban J connectivity index is 1.62. The highest BCUT2D eigenvalue weighted by Gasteiger charge is 2.20. The summed E-state index contributed by atoms with van der Waals surface area (Å²) in [5.74, 6) is 0.242. The Morgan fingerprint density at radius 3 is 2.85 bits per heavy atom. The molecule has 1 N–H and O–H groups in total. The van der Waals surface area contributed by atoms with Gasteiger partial charge in [0.25, 0.3) is 0 Å². The molecular formula is C16H19ClFN5O2S. The van der Waals surface area contributed by atoms with Gasteiger partial charge in [-0.3, -0.25) is 9.36 Å². The number of carbonyl (C=O) groups is 1. The normalized spacial score (nSPS) is 14.5. The van der Waals surface area contributed by atoms with Gasteiger partial charge in [-0.25, -0.2) is 4.39 Å². The second-order valence-electron chi connectivity index (χ2n) is 5.59. The second kappa shape index (κ2) is 8.70. The van der Waals surface area contributed by atoms with E-state index in [1.54, 1.807) is 0 Å². The van der Waals surface area contributed by atoms with Crippen molar-refractivity contribution in [3.8, 4) is 0 Å². The number of nitrogens with zero attached hydrogens (tertiary/aromatic N) is 4. The summed E-state index contributed by atoms with van der Waals surface area (Å²) in [4.78, 5) is 14.3. The number of carbonyl (C=O) groups excluding carboxylic acids is 1. The Labute approximate surface area is 159 Å². The van der Waals surface area contributed by atoms with E-state index in [9.17, 15) is 9.18 Å². The van der Waals surface area contributed by atoms with Gasteiger partial charge < -0.3 is 15.0 Å². The van der Waals surface area contributed by atoms with E-state index in [4.69, 9.17) is 16.3 Å². The fraction of sp³-hybridized carbons (Fsp3) is 0.438. The molecule has 0 unspecified atom stereocenters. The SMILES string of the molecule is CCn1c(SCC(=O)Nc2ccc(F)cc2Cl)nnc1N1CCOCC1. The van der Waals surface area contributed by atoms with E-state index < -0.39 is 5.82 Å². The first-order valence-corrected chi connectivity index (χ1v) is 9.58. The Morgan fingerprint density at radius 2 is 2.15 bits per heavy atom. The summed E-state index contributed by atoms with van der Waals surface area (Å²) < 4.78 is 20.4. The van der Waals surface area contributed by atoms with E-state index >= 15 is 0 Å². The molecule has 3 rings (SSSR count). The molecule has 0 aliphatic carbocycles. The standard InChI is InChI=1S/C16H19ClFN5O2S/c1-2-23-15(22-5-7-25-8-6-22)20-21-16(23)26-10-14(24)19-13-4-3-11(18)9-12(13)17/h3-4,9H,2,5-8,10H2,1H3,(H,19,24). The van der Waals surface area contributed by atoms with Crippen LogP contribution in [0.5, 0.6) is 0 Å². The minimum absolute atomic E-state index is 0.148.